The molecule has 2 rings (SSSR count). The SMILES string of the molecule is Fc1cc(F)cc(SCc2c(F)cccc2F)c1. The Morgan fingerprint density at radius 1 is 0.833 bits per heavy atom. The lowest BCUT2D eigenvalue weighted by atomic mass is 10.2. The summed E-state index contributed by atoms with van der Waals surface area (Å²) in [5.41, 5.74) is -0.104. The van der Waals surface area contributed by atoms with Gasteiger partial charge in [0.1, 0.15) is 23.3 Å². The van der Waals surface area contributed by atoms with E-state index < -0.39 is 23.3 Å². The van der Waals surface area contributed by atoms with Crippen molar-refractivity contribution in [3.05, 3.63) is 65.2 Å². The minimum Gasteiger partial charge on any atom is -0.207 e. The van der Waals surface area contributed by atoms with E-state index in [0.717, 1.165) is 42.1 Å². The number of thioether (sulfide) groups is 1. The standard InChI is InChI=1S/C13H8F4S/c14-8-4-9(15)6-10(5-8)18-7-11-12(16)2-1-3-13(11)17/h1-6H,7H2. The summed E-state index contributed by atoms with van der Waals surface area (Å²) < 4.78 is 52.4. The second-order valence-corrected chi connectivity index (χ2v) is 4.64. The summed E-state index contributed by atoms with van der Waals surface area (Å²) in [5, 5.41) is 0. The van der Waals surface area contributed by atoms with Crippen LogP contribution in [0.4, 0.5) is 17.6 Å². The van der Waals surface area contributed by atoms with Crippen molar-refractivity contribution in [3.63, 3.8) is 0 Å². The number of benzene rings is 2. The molecular formula is C13H8F4S. The largest absolute Gasteiger partial charge is 0.207 e. The lowest BCUT2D eigenvalue weighted by Gasteiger charge is -2.05. The summed E-state index contributed by atoms with van der Waals surface area (Å²) in [4.78, 5) is 0.287. The molecule has 94 valence electrons. The molecule has 0 aromatic heterocycles. The van der Waals surface area contributed by atoms with Crippen molar-refractivity contribution in [2.45, 2.75) is 10.6 Å². The lowest BCUT2D eigenvalue weighted by Crippen LogP contribution is -1.93. The number of rotatable bonds is 3. The highest BCUT2D eigenvalue weighted by Gasteiger charge is 2.09. The molecule has 0 radical (unpaired) electrons. The highest BCUT2D eigenvalue weighted by molar-refractivity contribution is 7.98. The van der Waals surface area contributed by atoms with Gasteiger partial charge in [0.25, 0.3) is 0 Å². The molecule has 0 atom stereocenters. The van der Waals surface area contributed by atoms with Crippen LogP contribution in [0.15, 0.2) is 41.3 Å². The summed E-state index contributed by atoms with van der Waals surface area (Å²) in [7, 11) is 0. The summed E-state index contributed by atoms with van der Waals surface area (Å²) in [6, 6.07) is 6.53. The van der Waals surface area contributed by atoms with Gasteiger partial charge in [-0.1, -0.05) is 6.07 Å². The first-order valence-corrected chi connectivity index (χ1v) is 6.06. The summed E-state index contributed by atoms with van der Waals surface area (Å²) in [6.07, 6.45) is 0. The molecule has 18 heavy (non-hydrogen) atoms. The van der Waals surface area contributed by atoms with Gasteiger partial charge >= 0.3 is 0 Å². The van der Waals surface area contributed by atoms with E-state index in [0.29, 0.717) is 0 Å². The van der Waals surface area contributed by atoms with Gasteiger partial charge in [0, 0.05) is 22.3 Å². The fourth-order valence-electron chi connectivity index (χ4n) is 1.44. The zero-order valence-electron chi connectivity index (χ0n) is 9.09. The fraction of sp³-hybridized carbons (Fsp3) is 0.0769. The first-order chi connectivity index (χ1) is 8.56. The van der Waals surface area contributed by atoms with Gasteiger partial charge in [0.2, 0.25) is 0 Å². The van der Waals surface area contributed by atoms with Crippen LogP contribution in [0.2, 0.25) is 0 Å². The van der Waals surface area contributed by atoms with Gasteiger partial charge in [0.15, 0.2) is 0 Å². The summed E-state index contributed by atoms with van der Waals surface area (Å²) in [6.45, 7) is 0. The van der Waals surface area contributed by atoms with Crippen LogP contribution < -0.4 is 0 Å². The van der Waals surface area contributed by atoms with Gasteiger partial charge in [0.05, 0.1) is 0 Å². The average molecular weight is 272 g/mol. The second-order valence-electron chi connectivity index (χ2n) is 3.59. The van der Waals surface area contributed by atoms with Crippen LogP contribution in [0, 0.1) is 23.3 Å². The molecule has 0 aliphatic heterocycles. The van der Waals surface area contributed by atoms with E-state index in [4.69, 9.17) is 0 Å². The van der Waals surface area contributed by atoms with Crippen molar-refractivity contribution in [3.8, 4) is 0 Å². The molecule has 0 heterocycles. The monoisotopic (exact) mass is 272 g/mol. The predicted octanol–water partition coefficient (Wildman–Crippen LogP) is 4.54. The number of hydrogen-bond acceptors (Lipinski definition) is 1. The molecule has 5 heteroatoms. The van der Waals surface area contributed by atoms with Crippen molar-refractivity contribution < 1.29 is 17.6 Å². The Balaban J connectivity index is 2.16. The molecule has 0 unspecified atom stereocenters. The molecule has 0 amide bonds. The van der Waals surface area contributed by atoms with Gasteiger partial charge in [-0.05, 0) is 24.3 Å². The minimum absolute atomic E-state index is 0.0264. The fourth-order valence-corrected chi connectivity index (χ4v) is 2.42. The Bertz CT molecular complexity index is 528. The van der Waals surface area contributed by atoms with E-state index in [1.54, 1.807) is 0 Å². The topological polar surface area (TPSA) is 0 Å². The third-order valence-electron chi connectivity index (χ3n) is 2.28. The van der Waals surface area contributed by atoms with E-state index in [2.05, 4.69) is 0 Å². The van der Waals surface area contributed by atoms with Crippen molar-refractivity contribution in [2.75, 3.05) is 0 Å². The quantitative estimate of drug-likeness (QED) is 0.584. The number of hydrogen-bond donors (Lipinski definition) is 0. The highest BCUT2D eigenvalue weighted by Crippen LogP contribution is 2.26. The molecular weight excluding hydrogens is 264 g/mol. The predicted molar refractivity (Wildman–Crippen MR) is 62.3 cm³/mol. The van der Waals surface area contributed by atoms with Crippen LogP contribution in [0.25, 0.3) is 0 Å². The van der Waals surface area contributed by atoms with E-state index in [-0.39, 0.29) is 16.2 Å². The van der Waals surface area contributed by atoms with Crippen LogP contribution in [-0.4, -0.2) is 0 Å². The molecule has 0 saturated carbocycles. The van der Waals surface area contributed by atoms with Gasteiger partial charge in [-0.2, -0.15) is 0 Å². The maximum atomic E-state index is 13.3. The number of halogens is 4. The summed E-state index contributed by atoms with van der Waals surface area (Å²) >= 11 is 0.970. The van der Waals surface area contributed by atoms with E-state index >= 15 is 0 Å². The van der Waals surface area contributed by atoms with Gasteiger partial charge < -0.3 is 0 Å². The van der Waals surface area contributed by atoms with Crippen molar-refractivity contribution in [1.29, 1.82) is 0 Å². The minimum atomic E-state index is -0.716. The molecule has 0 nitrogen and oxygen atoms in total. The zero-order valence-corrected chi connectivity index (χ0v) is 9.91. The van der Waals surface area contributed by atoms with Crippen molar-refractivity contribution >= 4 is 11.8 Å². The molecule has 0 saturated heterocycles. The van der Waals surface area contributed by atoms with Crippen LogP contribution >= 0.6 is 11.8 Å². The van der Waals surface area contributed by atoms with Crippen molar-refractivity contribution in [2.24, 2.45) is 0 Å². The summed E-state index contributed by atoms with van der Waals surface area (Å²) in [5.74, 6) is -2.79. The molecule has 2 aromatic carbocycles. The van der Waals surface area contributed by atoms with Gasteiger partial charge in [-0.25, -0.2) is 17.6 Å². The normalized spacial score (nSPS) is 10.7. The maximum absolute atomic E-state index is 13.3. The van der Waals surface area contributed by atoms with E-state index in [1.807, 2.05) is 0 Å². The first-order valence-electron chi connectivity index (χ1n) is 5.08. The molecule has 0 aliphatic carbocycles. The Morgan fingerprint density at radius 2 is 1.39 bits per heavy atom. The van der Waals surface area contributed by atoms with E-state index in [9.17, 15) is 17.6 Å². The average Bonchev–Trinajstić information content (AvgIpc) is 2.27. The van der Waals surface area contributed by atoms with E-state index in [1.165, 1.54) is 6.07 Å². The maximum Gasteiger partial charge on any atom is 0.130 e. The van der Waals surface area contributed by atoms with Crippen molar-refractivity contribution in [1.82, 2.24) is 0 Å². The van der Waals surface area contributed by atoms with Gasteiger partial charge in [-0.3, -0.25) is 0 Å². The molecule has 0 spiro atoms. The lowest BCUT2D eigenvalue weighted by molar-refractivity contribution is 0.566. The van der Waals surface area contributed by atoms with Crippen LogP contribution in [-0.2, 0) is 5.75 Å². The third-order valence-corrected chi connectivity index (χ3v) is 3.28. The third kappa shape index (κ3) is 3.04. The molecule has 0 bridgehead atoms. The Labute approximate surface area is 106 Å². The first kappa shape index (κ1) is 13.0. The zero-order chi connectivity index (χ0) is 13.1. The van der Waals surface area contributed by atoms with Crippen LogP contribution in [0.3, 0.4) is 0 Å². The molecule has 0 fully saturated rings. The Kier molecular flexibility index (Phi) is 3.91. The van der Waals surface area contributed by atoms with Crippen LogP contribution in [0.1, 0.15) is 5.56 Å². The molecule has 0 N–H and O–H groups in total. The van der Waals surface area contributed by atoms with Crippen LogP contribution in [0.5, 0.6) is 0 Å². The smallest absolute Gasteiger partial charge is 0.130 e. The Hall–Kier alpha value is -1.49. The van der Waals surface area contributed by atoms with Gasteiger partial charge in [-0.15, -0.1) is 11.8 Å². The second kappa shape index (κ2) is 5.44. The highest BCUT2D eigenvalue weighted by atomic mass is 32.2. The Morgan fingerprint density at radius 3 is 1.94 bits per heavy atom. The molecule has 2 aromatic rings. The molecule has 0 aliphatic rings.